The third kappa shape index (κ3) is 3.10. The first-order chi connectivity index (χ1) is 16.3. The van der Waals surface area contributed by atoms with Crippen LogP contribution in [0, 0.1) is 5.41 Å². The Kier molecular flexibility index (Phi) is 3.73. The van der Waals surface area contributed by atoms with Crippen LogP contribution in [0.4, 0.5) is 0 Å². The van der Waals surface area contributed by atoms with Gasteiger partial charge in [-0.15, -0.1) is 0 Å². The van der Waals surface area contributed by atoms with Crippen molar-refractivity contribution in [3.05, 3.63) is 84.6 Å². The van der Waals surface area contributed by atoms with Crippen molar-refractivity contribution in [1.82, 2.24) is 4.98 Å². The second-order valence-electron chi connectivity index (χ2n) is 9.37. The second kappa shape index (κ2) is 6.99. The summed E-state index contributed by atoms with van der Waals surface area (Å²) in [6.45, 7) is 5.72. The zero-order valence-corrected chi connectivity index (χ0v) is 18.3. The average molecular weight is 419 g/mol. The molecular formula is C28H24BNO2. The Labute approximate surface area is 191 Å². The maximum absolute atomic E-state index is 8.56. The Balaban J connectivity index is 1.49. The van der Waals surface area contributed by atoms with Crippen molar-refractivity contribution in [2.24, 2.45) is 5.41 Å². The molecule has 2 aliphatic rings. The molecule has 1 aromatic heterocycles. The highest BCUT2D eigenvalue weighted by Gasteiger charge is 2.40. The lowest BCUT2D eigenvalue weighted by Gasteiger charge is -2.33. The summed E-state index contributed by atoms with van der Waals surface area (Å²) in [5, 5.41) is 0. The molecule has 4 heteroatoms. The van der Waals surface area contributed by atoms with E-state index in [-0.39, 0.29) is 6.71 Å². The van der Waals surface area contributed by atoms with Crippen molar-refractivity contribution in [3.63, 3.8) is 0 Å². The number of hydrogen-bond donors (Lipinski definition) is 0. The molecular weight excluding hydrogens is 393 g/mol. The van der Waals surface area contributed by atoms with Crippen molar-refractivity contribution < 1.29 is 12.2 Å². The predicted molar refractivity (Wildman–Crippen MR) is 131 cm³/mol. The lowest BCUT2D eigenvalue weighted by Crippen LogP contribution is -2.57. The van der Waals surface area contributed by atoms with Gasteiger partial charge in [-0.25, -0.2) is 0 Å². The van der Waals surface area contributed by atoms with Gasteiger partial charge in [0, 0.05) is 20.0 Å². The Hall–Kier alpha value is -3.53. The van der Waals surface area contributed by atoms with Gasteiger partial charge in [0.2, 0.25) is 0 Å². The fourth-order valence-electron chi connectivity index (χ4n) is 4.66. The third-order valence-corrected chi connectivity index (χ3v) is 5.89. The summed E-state index contributed by atoms with van der Waals surface area (Å²) in [6.07, 6.45) is 0.158. The van der Waals surface area contributed by atoms with Crippen LogP contribution in [0.25, 0.3) is 11.3 Å². The van der Waals surface area contributed by atoms with Crippen molar-refractivity contribution in [1.29, 1.82) is 0 Å². The first-order valence-corrected chi connectivity index (χ1v) is 10.9. The van der Waals surface area contributed by atoms with E-state index < -0.39 is 11.8 Å². The molecule has 0 aliphatic carbocycles. The number of rotatable bonds is 2. The minimum absolute atomic E-state index is 0.00847. The molecule has 0 amide bonds. The monoisotopic (exact) mass is 419 g/mol. The molecule has 0 bridgehead atoms. The average Bonchev–Trinajstić information content (AvgIpc) is 2.83. The van der Waals surface area contributed by atoms with E-state index in [1.54, 1.807) is 6.20 Å². The maximum Gasteiger partial charge on any atom is 0.260 e. The number of aromatic nitrogens is 1. The molecule has 0 saturated heterocycles. The molecule has 6 rings (SSSR count). The number of para-hydroxylation sites is 2. The molecule has 2 aliphatic heterocycles. The zero-order chi connectivity index (χ0) is 23.7. The number of ether oxygens (including phenoxy) is 2. The predicted octanol–water partition coefficient (Wildman–Crippen LogP) is 5.06. The quantitative estimate of drug-likeness (QED) is 0.368. The number of nitrogens with zero attached hydrogens (tertiary/aromatic N) is 1. The summed E-state index contributed by atoms with van der Waals surface area (Å²) in [7, 11) is 0. The van der Waals surface area contributed by atoms with Crippen molar-refractivity contribution >= 4 is 23.1 Å². The molecule has 0 N–H and O–H groups in total. The minimum Gasteiger partial charge on any atom is -0.458 e. The maximum atomic E-state index is 8.56. The van der Waals surface area contributed by atoms with Crippen molar-refractivity contribution in [3.8, 4) is 34.3 Å². The Bertz CT molecular complexity index is 1430. The summed E-state index contributed by atoms with van der Waals surface area (Å²) in [5.41, 5.74) is 4.92. The van der Waals surface area contributed by atoms with Crippen molar-refractivity contribution in [2.75, 3.05) is 0 Å². The fraction of sp³-hybridized carbons (Fsp3) is 0.179. The lowest BCUT2D eigenvalue weighted by atomic mass is 9.34. The van der Waals surface area contributed by atoms with Gasteiger partial charge >= 0.3 is 0 Å². The van der Waals surface area contributed by atoms with E-state index in [1.165, 1.54) is 0 Å². The summed E-state index contributed by atoms with van der Waals surface area (Å²) in [4.78, 5) is 4.67. The molecule has 3 heterocycles. The van der Waals surface area contributed by atoms with Gasteiger partial charge in [-0.05, 0) is 58.6 Å². The van der Waals surface area contributed by atoms with Crippen LogP contribution in [-0.4, -0.2) is 11.7 Å². The van der Waals surface area contributed by atoms with Crippen LogP contribution in [0.5, 0.6) is 23.0 Å². The molecule has 0 saturated carbocycles. The molecule has 3 nitrogen and oxygen atoms in total. The van der Waals surface area contributed by atoms with Gasteiger partial charge in [0.25, 0.3) is 6.71 Å². The molecule has 0 spiro atoms. The van der Waals surface area contributed by atoms with Gasteiger partial charge in [-0.2, -0.15) is 0 Å². The van der Waals surface area contributed by atoms with Crippen LogP contribution >= 0.6 is 0 Å². The topological polar surface area (TPSA) is 31.4 Å². The van der Waals surface area contributed by atoms with Gasteiger partial charge in [0.1, 0.15) is 23.0 Å². The van der Waals surface area contributed by atoms with Crippen LogP contribution in [-0.2, 0) is 6.37 Å². The number of fused-ring (bicyclic) bond motifs is 4. The van der Waals surface area contributed by atoms with E-state index >= 15 is 0 Å². The van der Waals surface area contributed by atoms with Crippen LogP contribution in [0.15, 0.2) is 79.0 Å². The number of pyridine rings is 1. The molecule has 32 heavy (non-hydrogen) atoms. The molecule has 0 unspecified atom stereocenters. The smallest absolute Gasteiger partial charge is 0.260 e. The van der Waals surface area contributed by atoms with Gasteiger partial charge in [-0.3, -0.25) is 4.98 Å². The first kappa shape index (κ1) is 17.1. The summed E-state index contributed by atoms with van der Waals surface area (Å²) in [5.74, 6) is 3.26. The number of hydrogen-bond acceptors (Lipinski definition) is 3. The Morgan fingerprint density at radius 3 is 2.31 bits per heavy atom. The third-order valence-electron chi connectivity index (χ3n) is 5.89. The van der Waals surface area contributed by atoms with E-state index in [0.717, 1.165) is 50.6 Å². The molecule has 4 aromatic rings. The highest BCUT2D eigenvalue weighted by atomic mass is 16.5. The first-order valence-electron chi connectivity index (χ1n) is 11.9. The highest BCUT2D eigenvalue weighted by Crippen LogP contribution is 2.38. The lowest BCUT2D eigenvalue weighted by molar-refractivity contribution is 0.411. The van der Waals surface area contributed by atoms with Crippen LogP contribution < -0.4 is 25.9 Å². The Morgan fingerprint density at radius 1 is 0.812 bits per heavy atom. The van der Waals surface area contributed by atoms with Crippen LogP contribution in [0.3, 0.4) is 0 Å². The van der Waals surface area contributed by atoms with E-state index in [9.17, 15) is 0 Å². The molecule has 0 radical (unpaired) electrons. The van der Waals surface area contributed by atoms with E-state index in [4.69, 9.17) is 12.2 Å². The van der Waals surface area contributed by atoms with Crippen molar-refractivity contribution in [2.45, 2.75) is 27.1 Å². The van der Waals surface area contributed by atoms with Crippen LogP contribution in [0.2, 0.25) is 0 Å². The highest BCUT2D eigenvalue weighted by molar-refractivity contribution is 6.98. The van der Waals surface area contributed by atoms with Gasteiger partial charge < -0.3 is 9.47 Å². The molecule has 156 valence electrons. The minimum atomic E-state index is -1.49. The summed E-state index contributed by atoms with van der Waals surface area (Å²) >= 11 is 0. The molecule has 3 aromatic carbocycles. The zero-order valence-electron chi connectivity index (χ0n) is 20.3. The Morgan fingerprint density at radius 2 is 1.53 bits per heavy atom. The molecule has 0 fully saturated rings. The summed E-state index contributed by atoms with van der Waals surface area (Å²) < 4.78 is 29.8. The van der Waals surface area contributed by atoms with E-state index in [0.29, 0.717) is 5.56 Å². The number of benzene rings is 3. The SMILES string of the molecule is [2H]C([2H])(c1ccc(-c2cccc3c2Oc2cccc4c2B3c2ccccc2O4)nc1)C(C)(C)C. The molecule has 0 atom stereocenters. The van der Waals surface area contributed by atoms with E-state index in [1.807, 2.05) is 81.4 Å². The van der Waals surface area contributed by atoms with E-state index in [2.05, 4.69) is 17.1 Å². The standard InChI is InChI=1S/C28H24BNO2/c1-28(2,3)16-18-14-15-22(30-17-18)19-8-6-10-21-27(19)32-25-13-7-12-24-26(25)29(21)20-9-4-5-11-23(20)31-24/h4-15,17H,16H2,1-3H3/i16D2. The largest absolute Gasteiger partial charge is 0.458 e. The van der Waals surface area contributed by atoms with Crippen LogP contribution in [0.1, 0.15) is 29.1 Å². The van der Waals surface area contributed by atoms with Gasteiger partial charge in [0.15, 0.2) is 0 Å². The fourth-order valence-corrected chi connectivity index (χ4v) is 4.66. The van der Waals surface area contributed by atoms with Gasteiger partial charge in [0.05, 0.1) is 5.69 Å². The second-order valence-corrected chi connectivity index (χ2v) is 9.37. The normalized spacial score (nSPS) is 14.8. The summed E-state index contributed by atoms with van der Waals surface area (Å²) in [6, 6.07) is 24.0. The van der Waals surface area contributed by atoms with Gasteiger partial charge in [-0.1, -0.05) is 63.2 Å².